The number of primary amides is 1. The zero-order valence-corrected chi connectivity index (χ0v) is 27.7. The molecule has 0 bridgehead atoms. The van der Waals surface area contributed by atoms with Gasteiger partial charge in [0.15, 0.2) is 0 Å². The van der Waals surface area contributed by atoms with Gasteiger partial charge < -0.3 is 51.7 Å². The van der Waals surface area contributed by atoms with Gasteiger partial charge in [-0.15, -0.1) is 0 Å². The minimum Gasteiger partial charge on any atom is -0.494 e. The minimum absolute atomic E-state index is 0.0882. The average molecular weight is 651 g/mol. The largest absolute Gasteiger partial charge is 0.494 e. The highest BCUT2D eigenvalue weighted by Crippen LogP contribution is 2.34. The lowest BCUT2D eigenvalue weighted by molar-refractivity contribution is 0.0185. The van der Waals surface area contributed by atoms with Gasteiger partial charge in [-0.2, -0.15) is 0 Å². The number of amides is 2. The Morgan fingerprint density at radius 1 is 0.915 bits per heavy atom. The summed E-state index contributed by atoms with van der Waals surface area (Å²) in [6.45, 7) is 7.75. The number of rotatable bonds is 12. The van der Waals surface area contributed by atoms with Crippen molar-refractivity contribution in [3.63, 3.8) is 0 Å². The Morgan fingerprint density at radius 3 is 2.04 bits per heavy atom. The number of hydrogen-bond donors (Lipinski definition) is 5. The number of ether oxygens (including phenoxy) is 4. The lowest BCUT2D eigenvalue weighted by Crippen LogP contribution is -2.41. The summed E-state index contributed by atoms with van der Waals surface area (Å²) in [5.41, 5.74) is 19.6. The van der Waals surface area contributed by atoms with Gasteiger partial charge in [-0.05, 0) is 63.8 Å². The normalized spacial score (nSPS) is 13.3. The van der Waals surface area contributed by atoms with Crippen molar-refractivity contribution in [1.82, 2.24) is 4.90 Å². The standard InChI is InChI=1S/C34H46N6O7/c1-34(2,3)47-33(43)40-15-11-22(12-16-40)10-6-9-17-46-28-20-23(31(37)41)18-25(35)30(28)39-14-8-7-13-38-29-26(36)19-24(32(42)45-5)21-27(29)44-4/h7-8,18-22,38-39H,10-17,35-36H2,1-5H3,(H2,37,41)/b8-7+. The third-order valence-electron chi connectivity index (χ3n) is 7.23. The Kier molecular flexibility index (Phi) is 13.0. The van der Waals surface area contributed by atoms with Crippen molar-refractivity contribution >= 4 is 40.7 Å². The van der Waals surface area contributed by atoms with Gasteiger partial charge in [-0.1, -0.05) is 24.0 Å². The fraction of sp³-hybridized carbons (Fsp3) is 0.441. The number of nitrogens with one attached hydrogen (secondary N) is 2. The smallest absolute Gasteiger partial charge is 0.410 e. The molecule has 0 atom stereocenters. The number of benzene rings is 2. The third-order valence-corrected chi connectivity index (χ3v) is 7.23. The number of hydrogen-bond acceptors (Lipinski definition) is 11. The van der Waals surface area contributed by atoms with Gasteiger partial charge in [0.2, 0.25) is 5.91 Å². The first kappa shape index (κ1) is 36.2. The van der Waals surface area contributed by atoms with E-state index in [2.05, 4.69) is 22.5 Å². The van der Waals surface area contributed by atoms with Crippen molar-refractivity contribution in [1.29, 1.82) is 0 Å². The van der Waals surface area contributed by atoms with E-state index in [0.717, 1.165) is 12.8 Å². The van der Waals surface area contributed by atoms with Crippen molar-refractivity contribution < 1.29 is 33.3 Å². The number of carbonyl (C=O) groups excluding carboxylic acids is 3. The molecule has 1 aliphatic heterocycles. The maximum Gasteiger partial charge on any atom is 0.410 e. The van der Waals surface area contributed by atoms with E-state index >= 15 is 0 Å². The molecule has 0 unspecified atom stereocenters. The van der Waals surface area contributed by atoms with Crippen LogP contribution in [0.15, 0.2) is 36.4 Å². The molecule has 1 fully saturated rings. The van der Waals surface area contributed by atoms with E-state index < -0.39 is 17.5 Å². The van der Waals surface area contributed by atoms with Crippen LogP contribution in [0.3, 0.4) is 0 Å². The SMILES string of the molecule is COC(=O)c1cc(N)c(NC/C=C/CNc2c(N)cc(C(N)=O)cc2OCC#CCC2CCN(C(=O)OC(C)(C)C)CC2)c(OC)c1. The van der Waals surface area contributed by atoms with Crippen LogP contribution in [0, 0.1) is 17.8 Å². The molecule has 2 aromatic rings. The second-order valence-corrected chi connectivity index (χ2v) is 11.9. The molecule has 2 aromatic carbocycles. The molecule has 0 spiro atoms. The maximum atomic E-state index is 12.3. The van der Waals surface area contributed by atoms with Crippen LogP contribution in [0.5, 0.6) is 11.5 Å². The topological polar surface area (TPSA) is 193 Å². The van der Waals surface area contributed by atoms with E-state index in [1.54, 1.807) is 11.0 Å². The molecule has 8 N–H and O–H groups in total. The zero-order valence-electron chi connectivity index (χ0n) is 27.7. The van der Waals surface area contributed by atoms with Crippen LogP contribution >= 0.6 is 0 Å². The van der Waals surface area contributed by atoms with Crippen molar-refractivity contribution in [2.75, 3.05) is 69.1 Å². The van der Waals surface area contributed by atoms with Crippen molar-refractivity contribution in [3.8, 4) is 23.3 Å². The molecule has 0 aliphatic carbocycles. The van der Waals surface area contributed by atoms with E-state index in [1.807, 2.05) is 32.9 Å². The number of nitrogens with two attached hydrogens (primary N) is 3. The second-order valence-electron chi connectivity index (χ2n) is 11.9. The lowest BCUT2D eigenvalue weighted by atomic mass is 9.94. The Balaban J connectivity index is 1.53. The molecule has 13 nitrogen and oxygen atoms in total. The van der Waals surface area contributed by atoms with Gasteiger partial charge in [0.25, 0.3) is 0 Å². The van der Waals surface area contributed by atoms with E-state index in [9.17, 15) is 14.4 Å². The summed E-state index contributed by atoms with van der Waals surface area (Å²) in [4.78, 5) is 37.8. The summed E-state index contributed by atoms with van der Waals surface area (Å²) in [7, 11) is 2.78. The summed E-state index contributed by atoms with van der Waals surface area (Å²) in [6.07, 6.45) is 5.86. The molecular formula is C34H46N6O7. The Labute approximate surface area is 276 Å². The summed E-state index contributed by atoms with van der Waals surface area (Å²) < 4.78 is 21.5. The first-order chi connectivity index (χ1) is 22.3. The number of nitrogens with zero attached hydrogens (tertiary/aromatic N) is 1. The molecule has 0 aromatic heterocycles. The Hall–Kier alpha value is -5.25. The molecule has 2 amide bonds. The number of likely N-dealkylation sites (tertiary alicyclic amines) is 1. The lowest BCUT2D eigenvalue weighted by Gasteiger charge is -2.32. The Bertz CT molecular complexity index is 1520. The Morgan fingerprint density at radius 2 is 1.49 bits per heavy atom. The van der Waals surface area contributed by atoms with E-state index in [0.29, 0.717) is 72.8 Å². The van der Waals surface area contributed by atoms with Crippen LogP contribution in [0.1, 0.15) is 60.7 Å². The number of esters is 1. The molecule has 1 aliphatic rings. The molecule has 254 valence electrons. The molecule has 13 heteroatoms. The number of anilines is 4. The highest BCUT2D eigenvalue weighted by molar-refractivity contribution is 5.96. The van der Waals surface area contributed by atoms with Crippen LogP contribution in [-0.4, -0.2) is 75.5 Å². The summed E-state index contributed by atoms with van der Waals surface area (Å²) in [6, 6.07) is 6.10. The molecular weight excluding hydrogens is 604 g/mol. The summed E-state index contributed by atoms with van der Waals surface area (Å²) >= 11 is 0. The molecule has 3 rings (SSSR count). The van der Waals surface area contributed by atoms with Crippen LogP contribution < -0.4 is 37.3 Å². The van der Waals surface area contributed by atoms with Crippen molar-refractivity contribution in [2.24, 2.45) is 11.7 Å². The van der Waals surface area contributed by atoms with Gasteiger partial charge in [0.1, 0.15) is 35.1 Å². The second kappa shape index (κ2) is 16.9. The summed E-state index contributed by atoms with van der Waals surface area (Å²) in [5, 5.41) is 6.40. The predicted molar refractivity (Wildman–Crippen MR) is 183 cm³/mol. The highest BCUT2D eigenvalue weighted by Gasteiger charge is 2.26. The highest BCUT2D eigenvalue weighted by atomic mass is 16.6. The predicted octanol–water partition coefficient (Wildman–Crippen LogP) is 4.24. The van der Waals surface area contributed by atoms with Gasteiger partial charge >= 0.3 is 12.1 Å². The van der Waals surface area contributed by atoms with Crippen LogP contribution in [0.4, 0.5) is 27.5 Å². The fourth-order valence-corrected chi connectivity index (χ4v) is 4.82. The molecule has 1 heterocycles. The van der Waals surface area contributed by atoms with Gasteiger partial charge in [-0.3, -0.25) is 4.79 Å². The molecule has 0 radical (unpaired) electrons. The van der Waals surface area contributed by atoms with E-state index in [-0.39, 0.29) is 23.8 Å². The quantitative estimate of drug-likeness (QED) is 0.0954. The average Bonchev–Trinajstić information content (AvgIpc) is 3.02. The van der Waals surface area contributed by atoms with Crippen LogP contribution in [0.2, 0.25) is 0 Å². The third kappa shape index (κ3) is 11.0. The van der Waals surface area contributed by atoms with Gasteiger partial charge in [0.05, 0.1) is 31.2 Å². The zero-order chi connectivity index (χ0) is 34.6. The monoisotopic (exact) mass is 650 g/mol. The molecule has 0 saturated carbocycles. The number of carbonyl (C=O) groups is 3. The van der Waals surface area contributed by atoms with Crippen LogP contribution in [0.25, 0.3) is 0 Å². The number of nitrogen functional groups attached to an aromatic ring is 2. The minimum atomic E-state index is -0.628. The van der Waals surface area contributed by atoms with E-state index in [1.165, 1.54) is 32.4 Å². The first-order valence-corrected chi connectivity index (χ1v) is 15.3. The van der Waals surface area contributed by atoms with Crippen LogP contribution in [-0.2, 0) is 9.47 Å². The molecule has 1 saturated heterocycles. The number of piperidine rings is 1. The van der Waals surface area contributed by atoms with Crippen molar-refractivity contribution in [2.45, 2.75) is 45.6 Å². The maximum absolute atomic E-state index is 12.3. The van der Waals surface area contributed by atoms with E-state index in [4.69, 9.17) is 36.1 Å². The number of methoxy groups -OCH3 is 2. The first-order valence-electron chi connectivity index (χ1n) is 15.3. The molecule has 47 heavy (non-hydrogen) atoms. The van der Waals surface area contributed by atoms with Gasteiger partial charge in [-0.25, -0.2) is 9.59 Å². The van der Waals surface area contributed by atoms with Crippen molar-refractivity contribution in [3.05, 3.63) is 47.5 Å². The fourth-order valence-electron chi connectivity index (χ4n) is 4.82. The summed E-state index contributed by atoms with van der Waals surface area (Å²) in [5.74, 6) is 6.21. The van der Waals surface area contributed by atoms with Gasteiger partial charge in [0, 0.05) is 38.2 Å².